The minimum atomic E-state index is -4.11. The molecule has 0 bridgehead atoms. The molecule has 0 aromatic heterocycles. The normalized spacial score (nSPS) is 36.9. The molecule has 1 saturated heterocycles. The lowest BCUT2D eigenvalue weighted by Gasteiger charge is -2.34. The van der Waals surface area contributed by atoms with Crippen LogP contribution in [-0.4, -0.2) is 51.3 Å². The van der Waals surface area contributed by atoms with E-state index in [1.54, 1.807) is 0 Å². The number of phosphoric acid groups is 1. The first-order valence-electron chi connectivity index (χ1n) is 5.40. The van der Waals surface area contributed by atoms with Crippen molar-refractivity contribution in [2.24, 2.45) is 0 Å². The monoisotopic (exact) mass is 264 g/mol. The van der Waals surface area contributed by atoms with Crippen LogP contribution in [0.15, 0.2) is 0 Å². The summed E-state index contributed by atoms with van der Waals surface area (Å²) in [6.07, 6.45) is 0.630. The summed E-state index contributed by atoms with van der Waals surface area (Å²) in [4.78, 5) is 9.43. The standard InChI is InChI=1S/C9H18BO6P/c1-4-5-9(16-17(11,12)14-3)6-15-8(10)7(9)13-2/h7-8H,4-6H2,1-3H3,(H,11,12)/t7?,8-,9?/m1/s1. The van der Waals surface area contributed by atoms with Crippen molar-refractivity contribution in [3.8, 4) is 0 Å². The molecule has 8 heteroatoms. The number of hydrogen-bond acceptors (Lipinski definition) is 5. The van der Waals surface area contributed by atoms with Crippen molar-refractivity contribution < 1.29 is 28.0 Å². The molecule has 0 spiro atoms. The first-order chi connectivity index (χ1) is 7.90. The van der Waals surface area contributed by atoms with Crippen LogP contribution in [0.5, 0.6) is 0 Å². The third-order valence-corrected chi connectivity index (χ3v) is 3.85. The second-order valence-electron chi connectivity index (χ2n) is 3.99. The van der Waals surface area contributed by atoms with E-state index in [2.05, 4.69) is 4.52 Å². The topological polar surface area (TPSA) is 74.2 Å². The molecule has 0 amide bonds. The molecule has 0 saturated carbocycles. The molecule has 0 aliphatic carbocycles. The van der Waals surface area contributed by atoms with E-state index < -0.39 is 25.5 Å². The van der Waals surface area contributed by atoms with Crippen molar-refractivity contribution >= 4 is 15.7 Å². The van der Waals surface area contributed by atoms with Gasteiger partial charge in [0.05, 0.1) is 6.61 Å². The molecule has 1 fully saturated rings. The number of rotatable bonds is 6. The van der Waals surface area contributed by atoms with Crippen molar-refractivity contribution in [2.45, 2.75) is 37.5 Å². The Bertz CT molecular complexity index is 297. The molecule has 1 aliphatic heterocycles. The maximum atomic E-state index is 11.5. The SMILES string of the molecule is [B][C@@H]1OCC(CCC)(OP(=O)(O)OC)C1OC. The van der Waals surface area contributed by atoms with Gasteiger partial charge in [0.15, 0.2) is 0 Å². The maximum Gasteiger partial charge on any atom is 0.472 e. The average Bonchev–Trinajstić information content (AvgIpc) is 2.55. The molecule has 1 aliphatic rings. The summed E-state index contributed by atoms with van der Waals surface area (Å²) in [5.41, 5.74) is -1.04. The van der Waals surface area contributed by atoms with Crippen LogP contribution >= 0.6 is 7.82 Å². The highest BCUT2D eigenvalue weighted by Crippen LogP contribution is 2.51. The van der Waals surface area contributed by atoms with Crippen molar-refractivity contribution in [1.29, 1.82) is 0 Å². The van der Waals surface area contributed by atoms with Crippen LogP contribution < -0.4 is 0 Å². The fourth-order valence-corrected chi connectivity index (χ4v) is 2.87. The van der Waals surface area contributed by atoms with Gasteiger partial charge in [0.2, 0.25) is 0 Å². The Labute approximate surface area is 103 Å². The number of ether oxygens (including phenoxy) is 2. The van der Waals surface area contributed by atoms with Crippen LogP contribution in [0.1, 0.15) is 19.8 Å². The Kier molecular flexibility index (Phi) is 5.19. The van der Waals surface area contributed by atoms with Gasteiger partial charge in [0, 0.05) is 20.2 Å². The molecule has 1 rings (SSSR count). The van der Waals surface area contributed by atoms with Crippen LogP contribution in [0.2, 0.25) is 0 Å². The van der Waals surface area contributed by atoms with Gasteiger partial charge in [-0.15, -0.1) is 0 Å². The van der Waals surface area contributed by atoms with E-state index in [0.29, 0.717) is 6.42 Å². The number of methoxy groups -OCH3 is 1. The van der Waals surface area contributed by atoms with Gasteiger partial charge in [-0.3, -0.25) is 9.05 Å². The van der Waals surface area contributed by atoms with Gasteiger partial charge >= 0.3 is 7.82 Å². The van der Waals surface area contributed by atoms with E-state index in [9.17, 15) is 9.46 Å². The Balaban J connectivity index is 2.93. The average molecular weight is 264 g/mol. The van der Waals surface area contributed by atoms with Crippen molar-refractivity contribution in [3.63, 3.8) is 0 Å². The van der Waals surface area contributed by atoms with E-state index in [1.165, 1.54) is 7.11 Å². The Morgan fingerprint density at radius 3 is 2.71 bits per heavy atom. The predicted molar refractivity (Wildman–Crippen MR) is 61.8 cm³/mol. The van der Waals surface area contributed by atoms with Gasteiger partial charge in [-0.1, -0.05) is 13.3 Å². The summed E-state index contributed by atoms with van der Waals surface area (Å²) < 4.78 is 31.7. The lowest BCUT2D eigenvalue weighted by molar-refractivity contribution is -0.0668. The van der Waals surface area contributed by atoms with Crippen LogP contribution in [0.3, 0.4) is 0 Å². The van der Waals surface area contributed by atoms with E-state index in [4.69, 9.17) is 21.8 Å². The molecule has 1 N–H and O–H groups in total. The third kappa shape index (κ3) is 3.31. The zero-order chi connectivity index (χ0) is 13.1. The molecule has 4 atom stereocenters. The maximum absolute atomic E-state index is 11.5. The third-order valence-electron chi connectivity index (χ3n) is 2.79. The lowest BCUT2D eigenvalue weighted by atomic mass is 9.84. The fourth-order valence-electron chi connectivity index (χ4n) is 2.08. The summed E-state index contributed by atoms with van der Waals surface area (Å²) in [7, 11) is 4.18. The molecular formula is C9H18BO6P. The molecule has 2 radical (unpaired) electrons. The Morgan fingerprint density at radius 2 is 2.24 bits per heavy atom. The molecule has 0 aromatic carbocycles. The number of phosphoric ester groups is 1. The van der Waals surface area contributed by atoms with E-state index >= 15 is 0 Å². The zero-order valence-corrected chi connectivity index (χ0v) is 11.2. The van der Waals surface area contributed by atoms with Crippen LogP contribution in [0.25, 0.3) is 0 Å². The zero-order valence-electron chi connectivity index (χ0n) is 10.3. The van der Waals surface area contributed by atoms with Crippen molar-refractivity contribution in [3.05, 3.63) is 0 Å². The first-order valence-corrected chi connectivity index (χ1v) is 6.89. The van der Waals surface area contributed by atoms with Crippen LogP contribution in [-0.2, 0) is 23.1 Å². The van der Waals surface area contributed by atoms with Gasteiger partial charge in [-0.25, -0.2) is 4.57 Å². The molecule has 98 valence electrons. The molecule has 0 aromatic rings. The number of hydrogen-bond donors (Lipinski definition) is 1. The Morgan fingerprint density at radius 1 is 1.59 bits per heavy atom. The van der Waals surface area contributed by atoms with E-state index in [0.717, 1.165) is 13.5 Å². The summed E-state index contributed by atoms with van der Waals surface area (Å²) in [5, 5.41) is 0. The van der Waals surface area contributed by atoms with Gasteiger partial charge in [-0.2, -0.15) is 0 Å². The lowest BCUT2D eigenvalue weighted by Crippen LogP contribution is -2.47. The van der Waals surface area contributed by atoms with Crippen LogP contribution in [0, 0.1) is 0 Å². The highest BCUT2D eigenvalue weighted by Gasteiger charge is 2.52. The summed E-state index contributed by atoms with van der Waals surface area (Å²) in [6, 6.07) is -0.677. The highest BCUT2D eigenvalue weighted by molar-refractivity contribution is 7.47. The van der Waals surface area contributed by atoms with Gasteiger partial charge < -0.3 is 14.4 Å². The predicted octanol–water partition coefficient (Wildman–Crippen LogP) is 0.828. The van der Waals surface area contributed by atoms with Crippen molar-refractivity contribution in [1.82, 2.24) is 0 Å². The van der Waals surface area contributed by atoms with Gasteiger partial charge in [0.1, 0.15) is 19.6 Å². The molecule has 17 heavy (non-hydrogen) atoms. The smallest absolute Gasteiger partial charge is 0.382 e. The first kappa shape index (κ1) is 15.2. The summed E-state index contributed by atoms with van der Waals surface area (Å²) >= 11 is 0. The largest absolute Gasteiger partial charge is 0.472 e. The van der Waals surface area contributed by atoms with Gasteiger partial charge in [0.25, 0.3) is 0 Å². The quantitative estimate of drug-likeness (QED) is 0.565. The van der Waals surface area contributed by atoms with Crippen molar-refractivity contribution in [2.75, 3.05) is 20.8 Å². The molecule has 1 heterocycles. The minimum absolute atomic E-state index is 0.106. The second-order valence-corrected chi connectivity index (χ2v) is 5.47. The van der Waals surface area contributed by atoms with Crippen LogP contribution in [0.4, 0.5) is 0 Å². The minimum Gasteiger partial charge on any atom is -0.382 e. The fraction of sp³-hybridized carbons (Fsp3) is 1.00. The highest BCUT2D eigenvalue weighted by atomic mass is 31.2. The summed E-state index contributed by atoms with van der Waals surface area (Å²) in [6.45, 7) is 2.03. The van der Waals surface area contributed by atoms with Gasteiger partial charge in [-0.05, 0) is 6.42 Å². The molecule has 3 unspecified atom stereocenters. The summed E-state index contributed by atoms with van der Waals surface area (Å²) in [5.74, 6) is 0. The molecule has 6 nitrogen and oxygen atoms in total. The van der Waals surface area contributed by atoms with E-state index in [-0.39, 0.29) is 6.61 Å². The Hall–Kier alpha value is 0.0949. The van der Waals surface area contributed by atoms with E-state index in [1.807, 2.05) is 6.92 Å². The molecular weight excluding hydrogens is 246 g/mol. The second kappa shape index (κ2) is 5.82.